The molecule has 0 radical (unpaired) electrons. The summed E-state index contributed by atoms with van der Waals surface area (Å²) in [6.45, 7) is 6.35. The van der Waals surface area contributed by atoms with E-state index in [0.29, 0.717) is 28.4 Å². The number of pyridine rings is 1. The van der Waals surface area contributed by atoms with Crippen LogP contribution in [-0.2, 0) is 6.54 Å². The molecule has 136 valence electrons. The Labute approximate surface area is 156 Å². The van der Waals surface area contributed by atoms with Gasteiger partial charge in [0.05, 0.1) is 23.0 Å². The molecule has 0 saturated carbocycles. The Kier molecular flexibility index (Phi) is 4.19. The molecule has 0 atom stereocenters. The van der Waals surface area contributed by atoms with Crippen molar-refractivity contribution >= 4 is 22.5 Å². The standard InChI is InChI=1S/C20H19N5O2/c1-4-25-11-14(10-21-25)18-9-16(15-7-5-6-8-17(15)22-18)20(26)23-19-12(2)24-27-13(19)3/h5-11H,4H2,1-3H3,(H,23,26). The van der Waals surface area contributed by atoms with Crippen molar-refractivity contribution in [2.45, 2.75) is 27.3 Å². The third kappa shape index (κ3) is 3.08. The lowest BCUT2D eigenvalue weighted by molar-refractivity contribution is 0.102. The summed E-state index contributed by atoms with van der Waals surface area (Å²) in [7, 11) is 0. The summed E-state index contributed by atoms with van der Waals surface area (Å²) in [6.07, 6.45) is 3.68. The maximum absolute atomic E-state index is 13.0. The second-order valence-corrected chi connectivity index (χ2v) is 6.31. The van der Waals surface area contributed by atoms with E-state index in [2.05, 4.69) is 15.6 Å². The molecule has 0 saturated heterocycles. The van der Waals surface area contributed by atoms with Crippen LogP contribution in [0.25, 0.3) is 22.2 Å². The van der Waals surface area contributed by atoms with Crippen LogP contribution in [-0.4, -0.2) is 25.8 Å². The van der Waals surface area contributed by atoms with E-state index in [-0.39, 0.29) is 5.91 Å². The molecule has 4 aromatic rings. The van der Waals surface area contributed by atoms with Crippen LogP contribution in [0.2, 0.25) is 0 Å². The average Bonchev–Trinajstić information content (AvgIpc) is 3.29. The highest BCUT2D eigenvalue weighted by molar-refractivity contribution is 6.13. The molecule has 0 aliphatic heterocycles. The van der Waals surface area contributed by atoms with Gasteiger partial charge in [-0.3, -0.25) is 9.48 Å². The molecule has 4 rings (SSSR count). The molecule has 1 aromatic carbocycles. The number of nitrogens with one attached hydrogen (secondary N) is 1. The highest BCUT2D eigenvalue weighted by Crippen LogP contribution is 2.26. The smallest absolute Gasteiger partial charge is 0.256 e. The van der Waals surface area contributed by atoms with Gasteiger partial charge in [0.2, 0.25) is 0 Å². The van der Waals surface area contributed by atoms with Crippen LogP contribution in [0.4, 0.5) is 5.69 Å². The molecule has 0 unspecified atom stereocenters. The van der Waals surface area contributed by atoms with Crippen molar-refractivity contribution in [2.75, 3.05) is 5.32 Å². The number of aromatic nitrogens is 4. The molecule has 0 aliphatic carbocycles. The zero-order valence-electron chi connectivity index (χ0n) is 15.4. The SMILES string of the molecule is CCn1cc(-c2cc(C(=O)Nc3c(C)noc3C)c3ccccc3n2)cn1. The van der Waals surface area contributed by atoms with Gasteiger partial charge in [0.25, 0.3) is 5.91 Å². The van der Waals surface area contributed by atoms with Gasteiger partial charge in [-0.1, -0.05) is 23.4 Å². The number of aryl methyl sites for hydroxylation is 3. The number of nitrogens with zero attached hydrogens (tertiary/aromatic N) is 4. The molecule has 7 heteroatoms. The number of amides is 1. The number of hydrogen-bond acceptors (Lipinski definition) is 5. The van der Waals surface area contributed by atoms with Gasteiger partial charge in [-0.15, -0.1) is 0 Å². The van der Waals surface area contributed by atoms with E-state index >= 15 is 0 Å². The Morgan fingerprint density at radius 3 is 2.78 bits per heavy atom. The Hall–Kier alpha value is -3.48. The summed E-state index contributed by atoms with van der Waals surface area (Å²) in [6, 6.07) is 9.39. The lowest BCUT2D eigenvalue weighted by Crippen LogP contribution is -2.14. The number of carbonyl (C=O) groups excluding carboxylic acids is 1. The van der Waals surface area contributed by atoms with Crippen LogP contribution in [0.3, 0.4) is 0 Å². The van der Waals surface area contributed by atoms with Crippen LogP contribution in [0.5, 0.6) is 0 Å². The van der Waals surface area contributed by atoms with Crippen LogP contribution in [0, 0.1) is 13.8 Å². The minimum absolute atomic E-state index is 0.230. The molecule has 0 fully saturated rings. The van der Waals surface area contributed by atoms with Gasteiger partial charge in [-0.2, -0.15) is 5.10 Å². The van der Waals surface area contributed by atoms with Crippen LogP contribution in [0.1, 0.15) is 28.7 Å². The van der Waals surface area contributed by atoms with Crippen LogP contribution < -0.4 is 5.32 Å². The normalized spacial score (nSPS) is 11.1. The van der Waals surface area contributed by atoms with E-state index in [1.807, 2.05) is 42.1 Å². The highest BCUT2D eigenvalue weighted by atomic mass is 16.5. The summed E-state index contributed by atoms with van der Waals surface area (Å²) in [5, 5.41) is 11.9. The van der Waals surface area contributed by atoms with E-state index in [4.69, 9.17) is 9.51 Å². The molecule has 7 nitrogen and oxygen atoms in total. The number of rotatable bonds is 4. The van der Waals surface area contributed by atoms with Gasteiger partial charge in [0.1, 0.15) is 11.4 Å². The Balaban J connectivity index is 1.82. The number of hydrogen-bond donors (Lipinski definition) is 1. The number of para-hydroxylation sites is 1. The molecule has 0 bridgehead atoms. The molecule has 0 aliphatic rings. The van der Waals surface area contributed by atoms with Gasteiger partial charge in [0.15, 0.2) is 5.76 Å². The van der Waals surface area contributed by atoms with Gasteiger partial charge >= 0.3 is 0 Å². The summed E-state index contributed by atoms with van der Waals surface area (Å²) >= 11 is 0. The third-order valence-electron chi connectivity index (χ3n) is 4.49. The fourth-order valence-electron chi connectivity index (χ4n) is 3.02. The van der Waals surface area contributed by atoms with E-state index in [1.165, 1.54) is 0 Å². The van der Waals surface area contributed by atoms with Gasteiger partial charge in [-0.25, -0.2) is 4.98 Å². The first kappa shape index (κ1) is 17.0. The third-order valence-corrected chi connectivity index (χ3v) is 4.49. The summed E-state index contributed by atoms with van der Waals surface area (Å²) in [5.74, 6) is 0.343. The molecular formula is C20H19N5O2. The van der Waals surface area contributed by atoms with Crippen molar-refractivity contribution in [1.82, 2.24) is 19.9 Å². The Bertz CT molecular complexity index is 1120. The predicted octanol–water partition coefficient (Wildman–Crippen LogP) is 3.98. The van der Waals surface area contributed by atoms with Crippen LogP contribution in [0.15, 0.2) is 47.2 Å². The lowest BCUT2D eigenvalue weighted by atomic mass is 10.0. The molecular weight excluding hydrogens is 342 g/mol. The van der Waals surface area contributed by atoms with Gasteiger partial charge in [0, 0.05) is 23.7 Å². The first-order valence-electron chi connectivity index (χ1n) is 8.73. The van der Waals surface area contributed by atoms with Crippen molar-refractivity contribution < 1.29 is 9.32 Å². The van der Waals surface area contributed by atoms with Crippen molar-refractivity contribution in [2.24, 2.45) is 0 Å². The number of carbonyl (C=O) groups is 1. The molecule has 1 N–H and O–H groups in total. The second-order valence-electron chi connectivity index (χ2n) is 6.31. The van der Waals surface area contributed by atoms with Gasteiger partial charge in [-0.05, 0) is 32.9 Å². The summed E-state index contributed by atoms with van der Waals surface area (Å²) < 4.78 is 6.97. The largest absolute Gasteiger partial charge is 0.359 e. The van der Waals surface area contributed by atoms with Crippen molar-refractivity contribution in [3.63, 3.8) is 0 Å². The Morgan fingerprint density at radius 1 is 1.26 bits per heavy atom. The Morgan fingerprint density at radius 2 is 2.07 bits per heavy atom. The minimum Gasteiger partial charge on any atom is -0.359 e. The van der Waals surface area contributed by atoms with E-state index in [0.717, 1.165) is 23.0 Å². The fraction of sp³-hybridized carbons (Fsp3) is 0.200. The van der Waals surface area contributed by atoms with Crippen molar-refractivity contribution in [1.29, 1.82) is 0 Å². The summed E-state index contributed by atoms with van der Waals surface area (Å²) in [4.78, 5) is 17.8. The maximum Gasteiger partial charge on any atom is 0.256 e. The first-order valence-corrected chi connectivity index (χ1v) is 8.73. The quantitative estimate of drug-likeness (QED) is 0.594. The fourth-order valence-corrected chi connectivity index (χ4v) is 3.02. The lowest BCUT2D eigenvalue weighted by Gasteiger charge is -2.09. The summed E-state index contributed by atoms with van der Waals surface area (Å²) in [5.41, 5.74) is 4.11. The zero-order valence-corrected chi connectivity index (χ0v) is 15.4. The highest BCUT2D eigenvalue weighted by Gasteiger charge is 2.18. The van der Waals surface area contributed by atoms with E-state index in [1.54, 1.807) is 26.1 Å². The van der Waals surface area contributed by atoms with E-state index < -0.39 is 0 Å². The van der Waals surface area contributed by atoms with Crippen molar-refractivity contribution in [3.05, 3.63) is 59.7 Å². The van der Waals surface area contributed by atoms with Crippen molar-refractivity contribution in [3.8, 4) is 11.3 Å². The molecule has 3 aromatic heterocycles. The van der Waals surface area contributed by atoms with Crippen LogP contribution >= 0.6 is 0 Å². The predicted molar refractivity (Wildman–Crippen MR) is 103 cm³/mol. The topological polar surface area (TPSA) is 85.8 Å². The molecule has 0 spiro atoms. The van der Waals surface area contributed by atoms with Gasteiger partial charge < -0.3 is 9.84 Å². The first-order chi connectivity index (χ1) is 13.1. The van der Waals surface area contributed by atoms with E-state index in [9.17, 15) is 4.79 Å². The molecule has 27 heavy (non-hydrogen) atoms. The average molecular weight is 361 g/mol. The number of fused-ring (bicyclic) bond motifs is 1. The minimum atomic E-state index is -0.230. The zero-order chi connectivity index (χ0) is 19.0. The number of benzene rings is 1. The monoisotopic (exact) mass is 361 g/mol. The maximum atomic E-state index is 13.0. The molecule has 3 heterocycles. The number of anilines is 1. The molecule has 1 amide bonds. The second kappa shape index (κ2) is 6.68.